The zero-order valence-electron chi connectivity index (χ0n) is 13.1. The molecule has 2 amide bonds. The molecule has 0 spiro atoms. The van der Waals surface area contributed by atoms with E-state index in [0.29, 0.717) is 17.9 Å². The van der Waals surface area contributed by atoms with Gasteiger partial charge in [0.05, 0.1) is 0 Å². The van der Waals surface area contributed by atoms with Crippen LogP contribution in [0.4, 0.5) is 11.6 Å². The van der Waals surface area contributed by atoms with Gasteiger partial charge >= 0.3 is 0 Å². The molecule has 2 aromatic rings. The van der Waals surface area contributed by atoms with Crippen LogP contribution in [0.3, 0.4) is 0 Å². The molecule has 0 bridgehead atoms. The summed E-state index contributed by atoms with van der Waals surface area (Å²) in [6.07, 6.45) is 0. The highest BCUT2D eigenvalue weighted by molar-refractivity contribution is 6.01. The molecule has 0 aliphatic carbocycles. The lowest BCUT2D eigenvalue weighted by molar-refractivity contribution is -0.116. The van der Waals surface area contributed by atoms with E-state index in [0.717, 1.165) is 11.4 Å². The molecule has 0 fully saturated rings. The highest BCUT2D eigenvalue weighted by Crippen LogP contribution is 2.22. The molecular weight excluding hydrogens is 292 g/mol. The molecule has 0 saturated carbocycles. The van der Waals surface area contributed by atoms with Crippen molar-refractivity contribution in [3.63, 3.8) is 0 Å². The van der Waals surface area contributed by atoms with E-state index in [2.05, 4.69) is 10.3 Å². The number of hydrogen-bond acceptors (Lipinski definition) is 4. The Balaban J connectivity index is 1.65. The van der Waals surface area contributed by atoms with Gasteiger partial charge in [0.1, 0.15) is 18.2 Å². The third-order valence-electron chi connectivity index (χ3n) is 3.69. The van der Waals surface area contributed by atoms with Gasteiger partial charge < -0.3 is 15.1 Å². The molecule has 0 radical (unpaired) electrons. The summed E-state index contributed by atoms with van der Waals surface area (Å²) in [5, 5.41) is 2.74. The van der Waals surface area contributed by atoms with Crippen molar-refractivity contribution in [3.8, 4) is 0 Å². The van der Waals surface area contributed by atoms with E-state index in [1.54, 1.807) is 12.1 Å². The minimum absolute atomic E-state index is 0.0153. The topological polar surface area (TPSA) is 65.5 Å². The molecule has 1 aromatic heterocycles. The fourth-order valence-electron chi connectivity index (χ4n) is 2.54. The molecule has 3 rings (SSSR count). The van der Waals surface area contributed by atoms with Crippen molar-refractivity contribution in [1.29, 1.82) is 0 Å². The van der Waals surface area contributed by atoms with E-state index in [1.807, 2.05) is 49.3 Å². The standard InChI is InChI=1S/C17H18N4O2/c1-20(2)15-9-5-8-14(18-15)19-16(22)11-21-10-12-6-3-4-7-13(12)17(21)23/h3-9H,10-11H2,1-2H3,(H,18,19,22). The number of carbonyl (C=O) groups excluding carboxylic acids is 2. The van der Waals surface area contributed by atoms with Crippen LogP contribution in [-0.4, -0.2) is 42.3 Å². The van der Waals surface area contributed by atoms with Crippen molar-refractivity contribution in [2.45, 2.75) is 6.54 Å². The fraction of sp³-hybridized carbons (Fsp3) is 0.235. The summed E-state index contributed by atoms with van der Waals surface area (Å²) in [5.74, 6) is 0.873. The molecule has 0 unspecified atom stereocenters. The molecule has 0 atom stereocenters. The number of amides is 2. The number of hydrogen-bond donors (Lipinski definition) is 1. The molecule has 1 N–H and O–H groups in total. The van der Waals surface area contributed by atoms with Gasteiger partial charge in [0, 0.05) is 26.2 Å². The van der Waals surface area contributed by atoms with Crippen LogP contribution in [0, 0.1) is 0 Å². The number of fused-ring (bicyclic) bond motifs is 1. The molecule has 0 saturated heterocycles. The third-order valence-corrected chi connectivity index (χ3v) is 3.69. The second kappa shape index (κ2) is 6.08. The first kappa shape index (κ1) is 15.0. The monoisotopic (exact) mass is 310 g/mol. The van der Waals surface area contributed by atoms with Gasteiger partial charge in [-0.1, -0.05) is 24.3 Å². The van der Waals surface area contributed by atoms with Gasteiger partial charge in [-0.15, -0.1) is 0 Å². The molecule has 6 heteroatoms. The zero-order valence-corrected chi connectivity index (χ0v) is 13.1. The van der Waals surface area contributed by atoms with E-state index in [1.165, 1.54) is 4.90 Å². The maximum absolute atomic E-state index is 12.3. The molecular formula is C17H18N4O2. The van der Waals surface area contributed by atoms with E-state index < -0.39 is 0 Å². The van der Waals surface area contributed by atoms with Gasteiger partial charge in [0.15, 0.2) is 0 Å². The Kier molecular flexibility index (Phi) is 3.97. The lowest BCUT2D eigenvalue weighted by atomic mass is 10.1. The Labute approximate surface area is 134 Å². The molecule has 118 valence electrons. The maximum atomic E-state index is 12.3. The predicted octanol–water partition coefficient (Wildman–Crippen LogP) is 1.74. The van der Waals surface area contributed by atoms with Crippen LogP contribution < -0.4 is 10.2 Å². The van der Waals surface area contributed by atoms with Gasteiger partial charge in [0.2, 0.25) is 5.91 Å². The van der Waals surface area contributed by atoms with Crippen molar-refractivity contribution in [2.75, 3.05) is 30.9 Å². The Bertz CT molecular complexity index is 758. The summed E-state index contributed by atoms with van der Waals surface area (Å²) in [7, 11) is 3.77. The van der Waals surface area contributed by atoms with Gasteiger partial charge in [-0.25, -0.2) is 4.98 Å². The lowest BCUT2D eigenvalue weighted by Crippen LogP contribution is -2.33. The van der Waals surface area contributed by atoms with Crippen LogP contribution in [0.5, 0.6) is 0 Å². The van der Waals surface area contributed by atoms with Crippen molar-refractivity contribution in [2.24, 2.45) is 0 Å². The van der Waals surface area contributed by atoms with Gasteiger partial charge in [0.25, 0.3) is 5.91 Å². The molecule has 1 aliphatic rings. The maximum Gasteiger partial charge on any atom is 0.254 e. The molecule has 6 nitrogen and oxygen atoms in total. The highest BCUT2D eigenvalue weighted by atomic mass is 16.2. The lowest BCUT2D eigenvalue weighted by Gasteiger charge is -2.16. The first-order chi connectivity index (χ1) is 11.0. The average Bonchev–Trinajstić information content (AvgIpc) is 2.84. The fourth-order valence-corrected chi connectivity index (χ4v) is 2.54. The summed E-state index contributed by atoms with van der Waals surface area (Å²) in [4.78, 5) is 32.2. The normalized spacial score (nSPS) is 13.0. The minimum Gasteiger partial charge on any atom is -0.363 e. The largest absolute Gasteiger partial charge is 0.363 e. The molecule has 1 aliphatic heterocycles. The molecule has 2 heterocycles. The van der Waals surface area contributed by atoms with Crippen molar-refractivity contribution < 1.29 is 9.59 Å². The Morgan fingerprint density at radius 1 is 1.22 bits per heavy atom. The number of pyridine rings is 1. The SMILES string of the molecule is CN(C)c1cccc(NC(=O)CN2Cc3ccccc3C2=O)n1. The summed E-state index contributed by atoms with van der Waals surface area (Å²) in [6.45, 7) is 0.481. The number of nitrogens with zero attached hydrogens (tertiary/aromatic N) is 3. The third kappa shape index (κ3) is 3.15. The van der Waals surface area contributed by atoms with E-state index in [4.69, 9.17) is 0 Å². The molecule has 23 heavy (non-hydrogen) atoms. The van der Waals surface area contributed by atoms with E-state index >= 15 is 0 Å². The molecule has 1 aromatic carbocycles. The summed E-state index contributed by atoms with van der Waals surface area (Å²) >= 11 is 0. The number of carbonyl (C=O) groups is 2. The van der Waals surface area contributed by atoms with Crippen molar-refractivity contribution in [1.82, 2.24) is 9.88 Å². The highest BCUT2D eigenvalue weighted by Gasteiger charge is 2.28. The predicted molar refractivity (Wildman–Crippen MR) is 88.4 cm³/mol. The quantitative estimate of drug-likeness (QED) is 0.934. The summed E-state index contributed by atoms with van der Waals surface area (Å²) in [6, 6.07) is 12.8. The number of benzene rings is 1. The van der Waals surface area contributed by atoms with Crippen LogP contribution in [-0.2, 0) is 11.3 Å². The van der Waals surface area contributed by atoms with Gasteiger partial charge in [-0.3, -0.25) is 9.59 Å². The second-order valence-corrected chi connectivity index (χ2v) is 5.64. The van der Waals surface area contributed by atoms with E-state index in [-0.39, 0.29) is 18.4 Å². The first-order valence-corrected chi connectivity index (χ1v) is 7.36. The first-order valence-electron chi connectivity index (χ1n) is 7.36. The van der Waals surface area contributed by atoms with Crippen LogP contribution in [0.1, 0.15) is 15.9 Å². The Morgan fingerprint density at radius 3 is 2.74 bits per heavy atom. The summed E-state index contributed by atoms with van der Waals surface area (Å²) in [5.41, 5.74) is 1.63. The Hall–Kier alpha value is -2.89. The number of rotatable bonds is 4. The minimum atomic E-state index is -0.255. The summed E-state index contributed by atoms with van der Waals surface area (Å²) < 4.78 is 0. The number of anilines is 2. The van der Waals surface area contributed by atoms with Crippen LogP contribution in [0.15, 0.2) is 42.5 Å². The smallest absolute Gasteiger partial charge is 0.254 e. The van der Waals surface area contributed by atoms with E-state index in [9.17, 15) is 9.59 Å². The van der Waals surface area contributed by atoms with Crippen molar-refractivity contribution >= 4 is 23.5 Å². The van der Waals surface area contributed by atoms with Crippen LogP contribution in [0.25, 0.3) is 0 Å². The average molecular weight is 310 g/mol. The van der Waals surface area contributed by atoms with Gasteiger partial charge in [-0.05, 0) is 23.8 Å². The number of aromatic nitrogens is 1. The number of nitrogens with one attached hydrogen (secondary N) is 1. The zero-order chi connectivity index (χ0) is 16.4. The Morgan fingerprint density at radius 2 is 2.00 bits per heavy atom. The van der Waals surface area contributed by atoms with Crippen LogP contribution in [0.2, 0.25) is 0 Å². The van der Waals surface area contributed by atoms with Crippen molar-refractivity contribution in [3.05, 3.63) is 53.6 Å². The van der Waals surface area contributed by atoms with Crippen LogP contribution >= 0.6 is 0 Å². The van der Waals surface area contributed by atoms with Gasteiger partial charge in [-0.2, -0.15) is 0 Å². The second-order valence-electron chi connectivity index (χ2n) is 5.64.